The smallest absolute Gasteiger partial charge is 0.240 e. The van der Waals surface area contributed by atoms with Crippen LogP contribution in [0.15, 0.2) is 152 Å². The Morgan fingerprint density at radius 1 is 0.326 bits per heavy atom. The summed E-state index contributed by atoms with van der Waals surface area (Å²) >= 11 is 0. The summed E-state index contributed by atoms with van der Waals surface area (Å²) in [6.45, 7) is 0. The van der Waals surface area contributed by atoms with Crippen molar-refractivity contribution in [1.82, 2.24) is 24.1 Å². The molecule has 0 aliphatic rings. The maximum Gasteiger partial charge on any atom is 0.240 e. The lowest BCUT2D eigenvalue weighted by Crippen LogP contribution is -2.10. The first kappa shape index (κ1) is 25.0. The Morgan fingerprint density at radius 2 is 0.739 bits per heavy atom. The second-order valence-corrected chi connectivity index (χ2v) is 11.7. The molecule has 0 aliphatic carbocycles. The van der Waals surface area contributed by atoms with Crippen molar-refractivity contribution in [3.8, 4) is 23.3 Å². The van der Waals surface area contributed by atoms with E-state index < -0.39 is 0 Å². The molecule has 10 aromatic rings. The third-order valence-corrected chi connectivity index (χ3v) is 9.18. The fourth-order valence-electron chi connectivity index (χ4n) is 7.11. The largest absolute Gasteiger partial charge is 0.278 e. The summed E-state index contributed by atoms with van der Waals surface area (Å²) in [6, 6.07) is 53.2. The molecule has 0 radical (unpaired) electrons. The predicted octanol–water partition coefficient (Wildman–Crippen LogP) is 10.0. The first-order valence-electron chi connectivity index (χ1n) is 15.5. The van der Waals surface area contributed by atoms with Crippen LogP contribution in [0.2, 0.25) is 0 Å². The quantitative estimate of drug-likeness (QED) is 0.193. The van der Waals surface area contributed by atoms with E-state index in [4.69, 9.17) is 15.0 Å². The summed E-state index contributed by atoms with van der Waals surface area (Å²) < 4.78 is 4.34. The van der Waals surface area contributed by atoms with Gasteiger partial charge in [-0.1, -0.05) is 121 Å². The van der Waals surface area contributed by atoms with E-state index in [1.165, 1.54) is 16.2 Å². The molecule has 10 rings (SSSR count). The minimum atomic E-state index is 0.581. The van der Waals surface area contributed by atoms with Crippen LogP contribution in [0, 0.1) is 0 Å². The average molecular weight is 588 g/mol. The lowest BCUT2D eigenvalue weighted by molar-refractivity contribution is 0.893. The number of hydrogen-bond donors (Lipinski definition) is 0. The number of nitrogens with zero attached hydrogens (tertiary/aromatic N) is 5. The zero-order valence-corrected chi connectivity index (χ0v) is 24.7. The Kier molecular flexibility index (Phi) is 5.22. The molecule has 5 nitrogen and oxygen atoms in total. The average Bonchev–Trinajstić information content (AvgIpc) is 3.64. The number of rotatable bonds is 3. The van der Waals surface area contributed by atoms with Crippen molar-refractivity contribution in [2.75, 3.05) is 0 Å². The summed E-state index contributed by atoms with van der Waals surface area (Å²) in [5.74, 6) is 1.79. The Hall–Kier alpha value is -6.33. The normalized spacial score (nSPS) is 11.9. The molecule has 7 aromatic carbocycles. The summed E-state index contributed by atoms with van der Waals surface area (Å²) in [4.78, 5) is 15.7. The molecular formula is C41H25N5. The lowest BCUT2D eigenvalue weighted by atomic mass is 10.00. The van der Waals surface area contributed by atoms with Gasteiger partial charge in [0, 0.05) is 27.1 Å². The van der Waals surface area contributed by atoms with Gasteiger partial charge in [0.25, 0.3) is 0 Å². The molecule has 5 heteroatoms. The molecule has 0 atom stereocenters. The second-order valence-electron chi connectivity index (χ2n) is 11.7. The number of para-hydroxylation sites is 4. The number of benzene rings is 7. The molecule has 0 saturated carbocycles. The highest BCUT2D eigenvalue weighted by Gasteiger charge is 2.20. The second kappa shape index (κ2) is 9.58. The number of hydrogen-bond acceptors (Lipinski definition) is 3. The summed E-state index contributed by atoms with van der Waals surface area (Å²) in [7, 11) is 0. The van der Waals surface area contributed by atoms with Gasteiger partial charge >= 0.3 is 0 Å². The standard InChI is InChI=1S/C41H25N5/c1-2-12-29-26(11-1)21-22-27-25-28(23-24-30(27)29)39-42-40(45-35-17-7-3-13-31(35)32-14-4-8-18-36(32)45)44-41(43-39)46-37-19-9-5-15-33(37)34-16-6-10-20-38(34)46/h1-25H. The van der Waals surface area contributed by atoms with Gasteiger partial charge in [-0.3, -0.25) is 9.13 Å². The highest BCUT2D eigenvalue weighted by atomic mass is 15.3. The first-order valence-corrected chi connectivity index (χ1v) is 15.5. The van der Waals surface area contributed by atoms with E-state index in [-0.39, 0.29) is 0 Å². The lowest BCUT2D eigenvalue weighted by Gasteiger charge is -2.13. The van der Waals surface area contributed by atoms with Crippen molar-refractivity contribution in [1.29, 1.82) is 0 Å². The minimum absolute atomic E-state index is 0.581. The summed E-state index contributed by atoms with van der Waals surface area (Å²) in [6.07, 6.45) is 0. The van der Waals surface area contributed by atoms with Crippen molar-refractivity contribution in [3.05, 3.63) is 152 Å². The highest BCUT2D eigenvalue weighted by molar-refractivity contribution is 6.11. The van der Waals surface area contributed by atoms with Gasteiger partial charge in [0.05, 0.1) is 22.1 Å². The molecule has 0 unspecified atom stereocenters. The van der Waals surface area contributed by atoms with Crippen LogP contribution in [0.25, 0.3) is 88.4 Å². The van der Waals surface area contributed by atoms with Gasteiger partial charge in [0.1, 0.15) is 0 Å². The van der Waals surface area contributed by atoms with E-state index >= 15 is 0 Å². The molecule has 3 heterocycles. The van der Waals surface area contributed by atoms with E-state index in [1.54, 1.807) is 0 Å². The van der Waals surface area contributed by atoms with Crippen LogP contribution in [-0.4, -0.2) is 24.1 Å². The van der Waals surface area contributed by atoms with Crippen molar-refractivity contribution >= 4 is 65.2 Å². The van der Waals surface area contributed by atoms with E-state index in [2.05, 4.69) is 161 Å². The zero-order valence-electron chi connectivity index (χ0n) is 24.7. The third kappa shape index (κ3) is 3.60. The molecule has 0 aliphatic heterocycles. The van der Waals surface area contributed by atoms with Crippen molar-refractivity contribution in [3.63, 3.8) is 0 Å². The minimum Gasteiger partial charge on any atom is -0.278 e. The number of fused-ring (bicyclic) bond motifs is 9. The predicted molar refractivity (Wildman–Crippen MR) is 189 cm³/mol. The monoisotopic (exact) mass is 587 g/mol. The molecule has 0 saturated heterocycles. The fourth-order valence-corrected chi connectivity index (χ4v) is 7.11. The van der Waals surface area contributed by atoms with Crippen molar-refractivity contribution < 1.29 is 0 Å². The van der Waals surface area contributed by atoms with Crippen LogP contribution in [0.4, 0.5) is 0 Å². The Bertz CT molecular complexity index is 2580. The summed E-state index contributed by atoms with van der Waals surface area (Å²) in [5, 5.41) is 9.47. The van der Waals surface area contributed by atoms with Crippen LogP contribution in [0.5, 0.6) is 0 Å². The van der Waals surface area contributed by atoms with Crippen LogP contribution in [-0.2, 0) is 0 Å². The van der Waals surface area contributed by atoms with Crippen LogP contribution in [0.1, 0.15) is 0 Å². The maximum absolute atomic E-state index is 5.25. The maximum atomic E-state index is 5.25. The molecule has 3 aromatic heterocycles. The highest BCUT2D eigenvalue weighted by Crippen LogP contribution is 2.35. The van der Waals surface area contributed by atoms with Gasteiger partial charge in [-0.15, -0.1) is 0 Å². The van der Waals surface area contributed by atoms with Gasteiger partial charge in [0.15, 0.2) is 5.82 Å². The van der Waals surface area contributed by atoms with E-state index in [1.807, 2.05) is 0 Å². The van der Waals surface area contributed by atoms with E-state index in [9.17, 15) is 0 Å². The molecule has 0 bridgehead atoms. The molecule has 0 spiro atoms. The fraction of sp³-hybridized carbons (Fsp3) is 0. The van der Waals surface area contributed by atoms with Gasteiger partial charge in [-0.2, -0.15) is 15.0 Å². The number of aromatic nitrogens is 5. The molecule has 214 valence electrons. The van der Waals surface area contributed by atoms with Gasteiger partial charge in [-0.25, -0.2) is 0 Å². The van der Waals surface area contributed by atoms with Gasteiger partial charge < -0.3 is 0 Å². The van der Waals surface area contributed by atoms with Crippen LogP contribution >= 0.6 is 0 Å². The summed E-state index contributed by atoms with van der Waals surface area (Å²) in [5.41, 5.74) is 5.16. The Morgan fingerprint density at radius 3 is 1.26 bits per heavy atom. The molecule has 0 N–H and O–H groups in total. The topological polar surface area (TPSA) is 48.5 Å². The Balaban J connectivity index is 1.30. The molecule has 0 fully saturated rings. The first-order chi connectivity index (χ1) is 22.8. The van der Waals surface area contributed by atoms with Crippen LogP contribution in [0.3, 0.4) is 0 Å². The van der Waals surface area contributed by atoms with E-state index in [0.29, 0.717) is 17.7 Å². The third-order valence-electron chi connectivity index (χ3n) is 9.18. The van der Waals surface area contributed by atoms with Gasteiger partial charge in [-0.05, 0) is 51.9 Å². The van der Waals surface area contributed by atoms with Crippen LogP contribution < -0.4 is 0 Å². The van der Waals surface area contributed by atoms with E-state index in [0.717, 1.165) is 54.6 Å². The van der Waals surface area contributed by atoms with Gasteiger partial charge in [0.2, 0.25) is 11.9 Å². The Labute approximate surface area is 263 Å². The SMILES string of the molecule is c1ccc2c(c1)ccc1cc(-c3nc(-n4c5ccccc5c5ccccc54)nc(-n4c5ccccc5c5ccccc54)n3)ccc12. The molecule has 0 amide bonds. The van der Waals surface area contributed by atoms with Crippen molar-refractivity contribution in [2.24, 2.45) is 0 Å². The zero-order chi connectivity index (χ0) is 30.2. The molecule has 46 heavy (non-hydrogen) atoms. The van der Waals surface area contributed by atoms with Crippen molar-refractivity contribution in [2.45, 2.75) is 0 Å². The molecular weight excluding hydrogens is 562 g/mol.